The molecular formula is C14H20FN3O. The van der Waals surface area contributed by atoms with Crippen molar-refractivity contribution >= 4 is 5.84 Å². The number of nitrogens with one attached hydrogen (secondary N) is 1. The van der Waals surface area contributed by atoms with Gasteiger partial charge >= 0.3 is 0 Å². The maximum atomic E-state index is 13.4. The molecule has 4 N–H and O–H groups in total. The lowest BCUT2D eigenvalue weighted by molar-refractivity contribution is 0.314. The predicted molar refractivity (Wildman–Crippen MR) is 72.7 cm³/mol. The standard InChI is InChI=1S/C14H20FN3O/c15-12-4-2-1-3-11(12)5-8-17-10-14(6-7-14)9-13(16)18-19/h1-4,17,19H,5-10H2,(H2,16,18). The quantitative estimate of drug-likeness (QED) is 0.232. The van der Waals surface area contributed by atoms with E-state index < -0.39 is 0 Å². The molecule has 1 aliphatic carbocycles. The van der Waals surface area contributed by atoms with E-state index in [9.17, 15) is 4.39 Å². The molecule has 104 valence electrons. The van der Waals surface area contributed by atoms with E-state index in [2.05, 4.69) is 10.5 Å². The lowest BCUT2D eigenvalue weighted by Crippen LogP contribution is -2.29. The SMILES string of the molecule is NC(CC1(CNCCc2ccccc2F)CC1)=NO. The minimum absolute atomic E-state index is 0.144. The first-order valence-corrected chi connectivity index (χ1v) is 6.56. The number of oxime groups is 1. The van der Waals surface area contributed by atoms with Gasteiger partial charge in [0.2, 0.25) is 0 Å². The Balaban J connectivity index is 1.71. The molecule has 0 amide bonds. The molecule has 5 heteroatoms. The van der Waals surface area contributed by atoms with E-state index in [1.807, 2.05) is 6.07 Å². The summed E-state index contributed by atoms with van der Waals surface area (Å²) >= 11 is 0. The Labute approximate surface area is 112 Å². The Morgan fingerprint density at radius 2 is 2.16 bits per heavy atom. The van der Waals surface area contributed by atoms with Crippen molar-refractivity contribution in [2.45, 2.75) is 25.7 Å². The van der Waals surface area contributed by atoms with Crippen LogP contribution in [0.25, 0.3) is 0 Å². The zero-order valence-corrected chi connectivity index (χ0v) is 10.9. The summed E-state index contributed by atoms with van der Waals surface area (Å²) in [6, 6.07) is 6.83. The Morgan fingerprint density at radius 3 is 2.79 bits per heavy atom. The molecule has 0 radical (unpaired) electrons. The molecule has 0 atom stereocenters. The summed E-state index contributed by atoms with van der Waals surface area (Å²) in [5, 5.41) is 14.9. The molecule has 0 bridgehead atoms. The van der Waals surface area contributed by atoms with Crippen LogP contribution >= 0.6 is 0 Å². The van der Waals surface area contributed by atoms with E-state index in [0.29, 0.717) is 12.8 Å². The molecule has 0 aromatic heterocycles. The van der Waals surface area contributed by atoms with Gasteiger partial charge in [0, 0.05) is 13.0 Å². The van der Waals surface area contributed by atoms with Crippen molar-refractivity contribution in [2.24, 2.45) is 16.3 Å². The smallest absolute Gasteiger partial charge is 0.139 e. The van der Waals surface area contributed by atoms with Gasteiger partial charge in [-0.1, -0.05) is 23.4 Å². The minimum atomic E-state index is -0.151. The van der Waals surface area contributed by atoms with Crippen LogP contribution in [0.2, 0.25) is 0 Å². The van der Waals surface area contributed by atoms with E-state index in [0.717, 1.165) is 31.5 Å². The molecule has 0 spiro atoms. The maximum absolute atomic E-state index is 13.4. The van der Waals surface area contributed by atoms with E-state index in [1.165, 1.54) is 6.07 Å². The number of hydrogen-bond donors (Lipinski definition) is 3. The predicted octanol–water partition coefficient (Wildman–Crippen LogP) is 1.87. The number of hydrogen-bond acceptors (Lipinski definition) is 3. The number of benzene rings is 1. The van der Waals surface area contributed by atoms with Crippen LogP contribution in [0.15, 0.2) is 29.4 Å². The fraction of sp³-hybridized carbons (Fsp3) is 0.500. The van der Waals surface area contributed by atoms with Crippen molar-refractivity contribution in [1.29, 1.82) is 0 Å². The Kier molecular flexibility index (Phi) is 4.37. The van der Waals surface area contributed by atoms with Crippen LogP contribution in [0.3, 0.4) is 0 Å². The molecule has 1 aliphatic rings. The lowest BCUT2D eigenvalue weighted by atomic mass is 10.0. The summed E-state index contributed by atoms with van der Waals surface area (Å²) in [6.45, 7) is 1.57. The fourth-order valence-corrected chi connectivity index (χ4v) is 2.29. The van der Waals surface area contributed by atoms with Crippen molar-refractivity contribution in [3.05, 3.63) is 35.6 Å². The van der Waals surface area contributed by atoms with Gasteiger partial charge in [-0.15, -0.1) is 0 Å². The lowest BCUT2D eigenvalue weighted by Gasteiger charge is -2.15. The number of nitrogens with zero attached hydrogens (tertiary/aromatic N) is 1. The van der Waals surface area contributed by atoms with Crippen LogP contribution < -0.4 is 11.1 Å². The third-order valence-corrected chi connectivity index (χ3v) is 3.67. The summed E-state index contributed by atoms with van der Waals surface area (Å²) < 4.78 is 13.4. The van der Waals surface area contributed by atoms with Gasteiger partial charge in [-0.05, 0) is 42.9 Å². The molecule has 2 rings (SSSR count). The van der Waals surface area contributed by atoms with Crippen molar-refractivity contribution in [2.75, 3.05) is 13.1 Å². The van der Waals surface area contributed by atoms with Crippen LogP contribution in [0, 0.1) is 11.2 Å². The second-order valence-corrected chi connectivity index (χ2v) is 5.29. The van der Waals surface area contributed by atoms with Crippen LogP contribution in [-0.4, -0.2) is 24.1 Å². The Hall–Kier alpha value is -1.62. The van der Waals surface area contributed by atoms with Crippen LogP contribution in [0.4, 0.5) is 4.39 Å². The first kappa shape index (κ1) is 13.8. The minimum Gasteiger partial charge on any atom is -0.409 e. The highest BCUT2D eigenvalue weighted by molar-refractivity contribution is 5.80. The molecule has 0 unspecified atom stereocenters. The van der Waals surface area contributed by atoms with E-state index >= 15 is 0 Å². The Morgan fingerprint density at radius 1 is 1.42 bits per heavy atom. The molecule has 19 heavy (non-hydrogen) atoms. The molecule has 1 aromatic carbocycles. The normalized spacial score (nSPS) is 17.4. The summed E-state index contributed by atoms with van der Waals surface area (Å²) in [7, 11) is 0. The van der Waals surface area contributed by atoms with Gasteiger partial charge in [-0.25, -0.2) is 4.39 Å². The average molecular weight is 265 g/mol. The zero-order chi connectivity index (χ0) is 13.7. The Bertz CT molecular complexity index is 458. The third kappa shape index (κ3) is 3.92. The molecule has 0 heterocycles. The maximum Gasteiger partial charge on any atom is 0.139 e. The summed E-state index contributed by atoms with van der Waals surface area (Å²) in [5.41, 5.74) is 6.41. The number of rotatable bonds is 7. The van der Waals surface area contributed by atoms with Crippen LogP contribution in [-0.2, 0) is 6.42 Å². The largest absolute Gasteiger partial charge is 0.409 e. The van der Waals surface area contributed by atoms with Gasteiger partial charge in [0.1, 0.15) is 11.7 Å². The second-order valence-electron chi connectivity index (χ2n) is 5.29. The van der Waals surface area contributed by atoms with Crippen LogP contribution in [0.1, 0.15) is 24.8 Å². The van der Waals surface area contributed by atoms with Crippen LogP contribution in [0.5, 0.6) is 0 Å². The monoisotopic (exact) mass is 265 g/mol. The molecule has 0 aliphatic heterocycles. The second kappa shape index (κ2) is 6.02. The first-order chi connectivity index (χ1) is 9.15. The number of halogens is 1. The molecular weight excluding hydrogens is 245 g/mol. The highest BCUT2D eigenvalue weighted by Crippen LogP contribution is 2.48. The van der Waals surface area contributed by atoms with Crippen molar-refractivity contribution in [3.8, 4) is 0 Å². The topological polar surface area (TPSA) is 70.6 Å². The van der Waals surface area contributed by atoms with Gasteiger partial charge in [-0.3, -0.25) is 0 Å². The third-order valence-electron chi connectivity index (χ3n) is 3.67. The summed E-state index contributed by atoms with van der Waals surface area (Å²) in [6.07, 6.45) is 3.48. The van der Waals surface area contributed by atoms with Crippen molar-refractivity contribution in [3.63, 3.8) is 0 Å². The van der Waals surface area contributed by atoms with Gasteiger partial charge in [0.15, 0.2) is 0 Å². The number of amidine groups is 1. The van der Waals surface area contributed by atoms with Gasteiger partial charge < -0.3 is 16.3 Å². The van der Waals surface area contributed by atoms with E-state index in [1.54, 1.807) is 12.1 Å². The highest BCUT2D eigenvalue weighted by atomic mass is 19.1. The zero-order valence-electron chi connectivity index (χ0n) is 10.9. The molecule has 1 aromatic rings. The first-order valence-electron chi connectivity index (χ1n) is 6.56. The molecule has 0 saturated heterocycles. The average Bonchev–Trinajstić information content (AvgIpc) is 3.16. The van der Waals surface area contributed by atoms with Crippen molar-refractivity contribution in [1.82, 2.24) is 5.32 Å². The number of nitrogens with two attached hydrogens (primary N) is 1. The van der Waals surface area contributed by atoms with E-state index in [-0.39, 0.29) is 17.1 Å². The highest BCUT2D eigenvalue weighted by Gasteiger charge is 2.42. The molecule has 1 fully saturated rings. The van der Waals surface area contributed by atoms with Crippen molar-refractivity contribution < 1.29 is 9.60 Å². The van der Waals surface area contributed by atoms with E-state index in [4.69, 9.17) is 10.9 Å². The van der Waals surface area contributed by atoms with Gasteiger partial charge in [-0.2, -0.15) is 0 Å². The molecule has 4 nitrogen and oxygen atoms in total. The summed E-state index contributed by atoms with van der Waals surface area (Å²) in [5.74, 6) is 0.135. The summed E-state index contributed by atoms with van der Waals surface area (Å²) in [4.78, 5) is 0. The van der Waals surface area contributed by atoms with Gasteiger partial charge in [0.25, 0.3) is 0 Å². The molecule has 1 saturated carbocycles. The fourth-order valence-electron chi connectivity index (χ4n) is 2.29. The van der Waals surface area contributed by atoms with Gasteiger partial charge in [0.05, 0.1) is 0 Å².